The topological polar surface area (TPSA) is 87.6 Å². The Bertz CT molecular complexity index is 910. The minimum absolute atomic E-state index is 0.0270. The van der Waals surface area contributed by atoms with E-state index in [1.165, 1.54) is 18.7 Å². The number of nitrogens with zero attached hydrogens (tertiary/aromatic N) is 1. The fourth-order valence-electron chi connectivity index (χ4n) is 2.75. The highest BCUT2D eigenvalue weighted by Crippen LogP contribution is 2.27. The lowest BCUT2D eigenvalue weighted by molar-refractivity contribution is -0.120. The van der Waals surface area contributed by atoms with E-state index in [4.69, 9.17) is 0 Å². The molecule has 0 radical (unpaired) electrons. The molecule has 2 N–H and O–H groups in total. The number of carbonyl (C=O) groups excluding carboxylic acids is 3. The summed E-state index contributed by atoms with van der Waals surface area (Å²) in [5, 5.41) is 5.54. The molecule has 0 saturated heterocycles. The molecule has 2 atom stereocenters. The third-order valence-corrected chi connectivity index (χ3v) is 5.30. The summed E-state index contributed by atoms with van der Waals surface area (Å²) in [6.45, 7) is 3.25. The van der Waals surface area contributed by atoms with Crippen molar-refractivity contribution in [1.82, 2.24) is 5.32 Å². The molecule has 7 heteroatoms. The van der Waals surface area contributed by atoms with Crippen LogP contribution in [0.15, 0.2) is 59.6 Å². The number of amidine groups is 1. The molecule has 0 aromatic heterocycles. The van der Waals surface area contributed by atoms with Crippen molar-refractivity contribution < 1.29 is 14.4 Å². The number of rotatable bonds is 5. The molecule has 2 aromatic carbocycles. The first-order valence-electron chi connectivity index (χ1n) is 8.93. The number of anilines is 1. The van der Waals surface area contributed by atoms with E-state index < -0.39 is 5.25 Å². The Morgan fingerprint density at radius 1 is 1.14 bits per heavy atom. The van der Waals surface area contributed by atoms with Gasteiger partial charge < -0.3 is 10.6 Å². The second-order valence-corrected chi connectivity index (χ2v) is 7.83. The number of hydrogen-bond acceptors (Lipinski definition) is 5. The maximum absolute atomic E-state index is 12.5. The van der Waals surface area contributed by atoms with E-state index in [0.717, 1.165) is 5.56 Å². The highest BCUT2D eigenvalue weighted by molar-refractivity contribution is 8.15. The van der Waals surface area contributed by atoms with Gasteiger partial charge in [0, 0.05) is 11.3 Å². The smallest absolute Gasteiger partial charge is 0.237 e. The summed E-state index contributed by atoms with van der Waals surface area (Å²) in [7, 11) is 0. The van der Waals surface area contributed by atoms with Crippen molar-refractivity contribution in [3.05, 3.63) is 65.7 Å². The van der Waals surface area contributed by atoms with Gasteiger partial charge in [-0.25, -0.2) is 0 Å². The summed E-state index contributed by atoms with van der Waals surface area (Å²) in [5.74, 6) is -0.348. The lowest BCUT2D eigenvalue weighted by Crippen LogP contribution is -2.36. The zero-order valence-corrected chi connectivity index (χ0v) is 16.5. The minimum atomic E-state index is -0.457. The van der Waals surface area contributed by atoms with Crippen LogP contribution in [0.2, 0.25) is 0 Å². The van der Waals surface area contributed by atoms with E-state index in [2.05, 4.69) is 15.6 Å². The highest BCUT2D eigenvalue weighted by atomic mass is 32.2. The molecule has 2 aromatic rings. The van der Waals surface area contributed by atoms with Gasteiger partial charge in [0.05, 0.1) is 17.7 Å². The van der Waals surface area contributed by atoms with E-state index >= 15 is 0 Å². The summed E-state index contributed by atoms with van der Waals surface area (Å²) < 4.78 is 0. The van der Waals surface area contributed by atoms with Crippen LogP contribution in [0.4, 0.5) is 5.69 Å². The van der Waals surface area contributed by atoms with Gasteiger partial charge >= 0.3 is 0 Å². The predicted octanol–water partition coefficient (Wildman–Crippen LogP) is 3.57. The Kier molecular flexibility index (Phi) is 6.26. The molecular formula is C21H21N3O3S. The maximum Gasteiger partial charge on any atom is 0.237 e. The average Bonchev–Trinajstić information content (AvgIpc) is 2.68. The Morgan fingerprint density at radius 2 is 1.82 bits per heavy atom. The molecule has 0 aliphatic carbocycles. The molecule has 144 valence electrons. The van der Waals surface area contributed by atoms with Crippen molar-refractivity contribution in [1.29, 1.82) is 0 Å². The van der Waals surface area contributed by atoms with E-state index in [0.29, 0.717) is 16.4 Å². The molecule has 2 unspecified atom stereocenters. The first-order valence-corrected chi connectivity index (χ1v) is 9.81. The summed E-state index contributed by atoms with van der Waals surface area (Å²) >= 11 is 1.21. The van der Waals surface area contributed by atoms with Gasteiger partial charge in [0.1, 0.15) is 0 Å². The molecule has 0 saturated carbocycles. The van der Waals surface area contributed by atoms with E-state index in [9.17, 15) is 14.4 Å². The maximum atomic E-state index is 12.5. The number of ketones is 1. The molecule has 3 rings (SSSR count). The molecule has 1 aliphatic rings. The van der Waals surface area contributed by atoms with Crippen LogP contribution in [0.3, 0.4) is 0 Å². The number of thioether (sulfide) groups is 1. The van der Waals surface area contributed by atoms with Crippen LogP contribution in [0, 0.1) is 0 Å². The van der Waals surface area contributed by atoms with Crippen molar-refractivity contribution in [3.63, 3.8) is 0 Å². The number of hydrogen-bond donors (Lipinski definition) is 2. The molecule has 1 heterocycles. The minimum Gasteiger partial charge on any atom is -0.325 e. The third-order valence-electron chi connectivity index (χ3n) is 4.30. The van der Waals surface area contributed by atoms with Crippen LogP contribution in [-0.2, 0) is 9.59 Å². The van der Waals surface area contributed by atoms with Crippen LogP contribution in [0.1, 0.15) is 42.2 Å². The van der Waals surface area contributed by atoms with Gasteiger partial charge in [0.2, 0.25) is 11.8 Å². The van der Waals surface area contributed by atoms with Crippen molar-refractivity contribution in [2.75, 3.05) is 5.32 Å². The molecule has 1 aliphatic heterocycles. The lowest BCUT2D eigenvalue weighted by atomic mass is 10.0. The fourth-order valence-corrected chi connectivity index (χ4v) is 3.61. The Labute approximate surface area is 167 Å². The van der Waals surface area contributed by atoms with Crippen LogP contribution < -0.4 is 10.6 Å². The quantitative estimate of drug-likeness (QED) is 0.758. The molecule has 28 heavy (non-hydrogen) atoms. The monoisotopic (exact) mass is 395 g/mol. The van der Waals surface area contributed by atoms with Gasteiger partial charge in [0.15, 0.2) is 11.0 Å². The predicted molar refractivity (Wildman–Crippen MR) is 112 cm³/mol. The number of benzene rings is 2. The number of nitrogens with one attached hydrogen (secondary N) is 2. The van der Waals surface area contributed by atoms with E-state index in [-0.39, 0.29) is 30.1 Å². The summed E-state index contributed by atoms with van der Waals surface area (Å²) in [4.78, 5) is 40.4. The number of aliphatic imine (C=N–C) groups is 1. The lowest BCUT2D eigenvalue weighted by Gasteiger charge is -2.22. The fraction of sp³-hybridized carbons (Fsp3) is 0.238. The van der Waals surface area contributed by atoms with Gasteiger partial charge in [0.25, 0.3) is 0 Å². The zero-order chi connectivity index (χ0) is 20.1. The zero-order valence-electron chi connectivity index (χ0n) is 15.6. The van der Waals surface area contributed by atoms with Gasteiger partial charge in [-0.05, 0) is 43.7 Å². The molecule has 2 amide bonds. The Morgan fingerprint density at radius 3 is 2.46 bits per heavy atom. The van der Waals surface area contributed by atoms with Crippen molar-refractivity contribution >= 4 is 40.2 Å². The highest BCUT2D eigenvalue weighted by Gasteiger charge is 2.25. The van der Waals surface area contributed by atoms with Gasteiger partial charge in [-0.3, -0.25) is 19.4 Å². The van der Waals surface area contributed by atoms with Gasteiger partial charge in [-0.1, -0.05) is 42.1 Å². The van der Waals surface area contributed by atoms with Crippen molar-refractivity contribution in [3.8, 4) is 0 Å². The van der Waals surface area contributed by atoms with Crippen molar-refractivity contribution in [2.24, 2.45) is 4.99 Å². The first-order chi connectivity index (χ1) is 13.4. The normalized spacial score (nSPS) is 17.3. The largest absolute Gasteiger partial charge is 0.325 e. The van der Waals surface area contributed by atoms with E-state index in [1.54, 1.807) is 31.2 Å². The SMILES string of the molecule is CC(=O)c1ccc(NC(=O)C(C)SC2=NC(c3ccccc3)CC(=O)N2)cc1. The van der Waals surface area contributed by atoms with Crippen LogP contribution in [0.5, 0.6) is 0 Å². The Hall–Kier alpha value is -2.93. The first kappa shape index (κ1) is 19.8. The summed E-state index contributed by atoms with van der Waals surface area (Å²) in [6.07, 6.45) is 0.289. The second-order valence-electron chi connectivity index (χ2n) is 6.50. The molecule has 6 nitrogen and oxygen atoms in total. The molecule has 0 bridgehead atoms. The summed E-state index contributed by atoms with van der Waals surface area (Å²) in [6, 6.07) is 16.1. The molecular weight excluding hydrogens is 374 g/mol. The van der Waals surface area contributed by atoms with Crippen LogP contribution >= 0.6 is 11.8 Å². The average molecular weight is 395 g/mol. The van der Waals surface area contributed by atoms with Crippen molar-refractivity contribution in [2.45, 2.75) is 31.6 Å². The van der Waals surface area contributed by atoms with Crippen LogP contribution in [-0.4, -0.2) is 28.0 Å². The van der Waals surface area contributed by atoms with E-state index in [1.807, 2.05) is 30.3 Å². The number of carbonyl (C=O) groups is 3. The molecule has 0 spiro atoms. The number of Topliss-reactive ketones (excluding diaryl/α,β-unsaturated/α-hetero) is 1. The summed E-state index contributed by atoms with van der Waals surface area (Å²) in [5.41, 5.74) is 2.17. The van der Waals surface area contributed by atoms with Gasteiger partial charge in [-0.2, -0.15) is 0 Å². The Balaban J connectivity index is 1.64. The molecule has 0 fully saturated rings. The second kappa shape index (κ2) is 8.84. The number of amides is 2. The third kappa shape index (κ3) is 5.07. The van der Waals surface area contributed by atoms with Crippen LogP contribution in [0.25, 0.3) is 0 Å². The standard InChI is InChI=1S/C21H21N3O3S/c1-13(25)15-8-10-17(11-9-15)22-20(27)14(2)28-21-23-18(12-19(26)24-21)16-6-4-3-5-7-16/h3-11,14,18H,12H2,1-2H3,(H,22,27)(H,23,24,26). The van der Waals surface area contributed by atoms with Gasteiger partial charge in [-0.15, -0.1) is 0 Å².